The zero-order chi connectivity index (χ0) is 19.5. The normalized spacial score (nSPS) is 14.6. The average molecular weight is 376 g/mol. The third kappa shape index (κ3) is 3.47. The van der Waals surface area contributed by atoms with Gasteiger partial charge in [-0.05, 0) is 43.2 Å². The molecule has 1 amide bonds. The predicted octanol–water partition coefficient (Wildman–Crippen LogP) is 2.78. The molecule has 1 saturated heterocycles. The highest BCUT2D eigenvalue weighted by Crippen LogP contribution is 2.24. The SMILES string of the molecule is N#Cc1ccc(-c2cc(C(=O)N3CCC(F)CC3)nn2-c2cccnc2)nc1. The van der Waals surface area contributed by atoms with Crippen LogP contribution in [0, 0.1) is 11.3 Å². The van der Waals surface area contributed by atoms with Gasteiger partial charge >= 0.3 is 0 Å². The number of amides is 1. The second-order valence-corrected chi connectivity index (χ2v) is 6.55. The van der Waals surface area contributed by atoms with E-state index in [-0.39, 0.29) is 11.6 Å². The monoisotopic (exact) mass is 376 g/mol. The second-order valence-electron chi connectivity index (χ2n) is 6.55. The predicted molar refractivity (Wildman–Crippen MR) is 99.3 cm³/mol. The van der Waals surface area contributed by atoms with E-state index >= 15 is 0 Å². The molecule has 0 aliphatic carbocycles. The zero-order valence-corrected chi connectivity index (χ0v) is 15.0. The zero-order valence-electron chi connectivity index (χ0n) is 15.0. The van der Waals surface area contributed by atoms with E-state index < -0.39 is 6.17 Å². The fourth-order valence-corrected chi connectivity index (χ4v) is 3.17. The number of halogens is 1. The van der Waals surface area contributed by atoms with Crippen molar-refractivity contribution < 1.29 is 9.18 Å². The molecule has 0 aromatic carbocycles. The molecule has 0 bridgehead atoms. The van der Waals surface area contributed by atoms with Crippen LogP contribution in [0.4, 0.5) is 4.39 Å². The lowest BCUT2D eigenvalue weighted by molar-refractivity contribution is 0.0660. The van der Waals surface area contributed by atoms with Crippen LogP contribution < -0.4 is 0 Å². The van der Waals surface area contributed by atoms with Crippen LogP contribution in [0.25, 0.3) is 17.1 Å². The molecule has 0 atom stereocenters. The number of carbonyl (C=O) groups excluding carboxylic acids is 1. The Morgan fingerprint density at radius 2 is 2.04 bits per heavy atom. The topological polar surface area (TPSA) is 87.7 Å². The Morgan fingerprint density at radius 3 is 2.68 bits per heavy atom. The number of nitrogens with zero attached hydrogens (tertiary/aromatic N) is 6. The van der Waals surface area contributed by atoms with Gasteiger partial charge in [0.15, 0.2) is 5.69 Å². The fraction of sp³-hybridized carbons (Fsp3) is 0.250. The van der Waals surface area contributed by atoms with Crippen molar-refractivity contribution in [2.75, 3.05) is 13.1 Å². The third-order valence-electron chi connectivity index (χ3n) is 4.69. The molecule has 3 aromatic rings. The Balaban J connectivity index is 1.74. The number of piperidine rings is 1. The van der Waals surface area contributed by atoms with E-state index in [4.69, 9.17) is 5.26 Å². The molecule has 1 aliphatic rings. The quantitative estimate of drug-likeness (QED) is 0.701. The summed E-state index contributed by atoms with van der Waals surface area (Å²) >= 11 is 0. The lowest BCUT2D eigenvalue weighted by Gasteiger charge is -2.27. The van der Waals surface area contributed by atoms with Crippen molar-refractivity contribution in [2.24, 2.45) is 0 Å². The van der Waals surface area contributed by atoms with E-state index in [1.807, 2.05) is 12.1 Å². The molecular formula is C20H17FN6O. The number of hydrogen-bond acceptors (Lipinski definition) is 5. The summed E-state index contributed by atoms with van der Waals surface area (Å²) in [5.74, 6) is -0.232. The van der Waals surface area contributed by atoms with Crippen LogP contribution in [0.5, 0.6) is 0 Å². The summed E-state index contributed by atoms with van der Waals surface area (Å²) in [4.78, 5) is 22.9. The van der Waals surface area contributed by atoms with Gasteiger partial charge in [-0.3, -0.25) is 14.8 Å². The van der Waals surface area contributed by atoms with Gasteiger partial charge in [-0.15, -0.1) is 0 Å². The Labute approximate surface area is 161 Å². The van der Waals surface area contributed by atoms with Gasteiger partial charge in [0.25, 0.3) is 5.91 Å². The van der Waals surface area contributed by atoms with E-state index in [0.717, 1.165) is 0 Å². The van der Waals surface area contributed by atoms with E-state index in [1.54, 1.807) is 46.2 Å². The molecule has 28 heavy (non-hydrogen) atoms. The Morgan fingerprint density at radius 1 is 1.21 bits per heavy atom. The highest BCUT2D eigenvalue weighted by Gasteiger charge is 2.26. The van der Waals surface area contributed by atoms with Crippen LogP contribution in [-0.4, -0.2) is 49.8 Å². The first kappa shape index (κ1) is 17.8. The largest absolute Gasteiger partial charge is 0.337 e. The van der Waals surface area contributed by atoms with Gasteiger partial charge in [0.05, 0.1) is 28.8 Å². The fourth-order valence-electron chi connectivity index (χ4n) is 3.17. The molecule has 1 fully saturated rings. The van der Waals surface area contributed by atoms with Crippen molar-refractivity contribution >= 4 is 5.91 Å². The smallest absolute Gasteiger partial charge is 0.274 e. The summed E-state index contributed by atoms with van der Waals surface area (Å²) in [7, 11) is 0. The first-order valence-corrected chi connectivity index (χ1v) is 8.96. The molecule has 1 aliphatic heterocycles. The highest BCUT2D eigenvalue weighted by molar-refractivity contribution is 5.93. The number of pyridine rings is 2. The van der Waals surface area contributed by atoms with E-state index in [0.29, 0.717) is 48.6 Å². The van der Waals surface area contributed by atoms with Gasteiger partial charge in [0.2, 0.25) is 0 Å². The number of nitriles is 1. The van der Waals surface area contributed by atoms with Crippen molar-refractivity contribution in [3.05, 3.63) is 60.2 Å². The first-order chi connectivity index (χ1) is 13.7. The van der Waals surface area contributed by atoms with E-state index in [2.05, 4.69) is 15.1 Å². The maximum atomic E-state index is 13.4. The molecule has 0 unspecified atom stereocenters. The number of carbonyl (C=O) groups is 1. The van der Waals surface area contributed by atoms with Crippen molar-refractivity contribution in [2.45, 2.75) is 19.0 Å². The highest BCUT2D eigenvalue weighted by atomic mass is 19.1. The van der Waals surface area contributed by atoms with Crippen molar-refractivity contribution in [1.82, 2.24) is 24.6 Å². The number of alkyl halides is 1. The van der Waals surface area contributed by atoms with E-state index in [1.165, 1.54) is 6.20 Å². The van der Waals surface area contributed by atoms with Crippen LogP contribution in [0.1, 0.15) is 28.9 Å². The Hall–Kier alpha value is -3.60. The van der Waals surface area contributed by atoms with Crippen molar-refractivity contribution in [1.29, 1.82) is 5.26 Å². The van der Waals surface area contributed by atoms with Gasteiger partial charge in [0.1, 0.15) is 12.2 Å². The Kier molecular flexibility index (Phi) is 4.81. The lowest BCUT2D eigenvalue weighted by atomic mass is 10.1. The molecule has 0 saturated carbocycles. The molecule has 0 radical (unpaired) electrons. The molecule has 7 nitrogen and oxygen atoms in total. The molecule has 4 rings (SSSR count). The van der Waals surface area contributed by atoms with Gasteiger partial charge in [-0.1, -0.05) is 0 Å². The van der Waals surface area contributed by atoms with Crippen molar-refractivity contribution in [3.63, 3.8) is 0 Å². The van der Waals surface area contributed by atoms with E-state index in [9.17, 15) is 9.18 Å². The number of aromatic nitrogens is 4. The Bertz CT molecular complexity index is 1020. The molecule has 8 heteroatoms. The van der Waals surface area contributed by atoms with Crippen molar-refractivity contribution in [3.8, 4) is 23.1 Å². The minimum Gasteiger partial charge on any atom is -0.337 e. The summed E-state index contributed by atoms with van der Waals surface area (Å²) in [6, 6.07) is 10.7. The van der Waals surface area contributed by atoms with Gasteiger partial charge < -0.3 is 4.90 Å². The third-order valence-corrected chi connectivity index (χ3v) is 4.69. The molecule has 4 heterocycles. The number of likely N-dealkylation sites (tertiary alicyclic amines) is 1. The van der Waals surface area contributed by atoms with Crippen LogP contribution in [-0.2, 0) is 0 Å². The summed E-state index contributed by atoms with van der Waals surface area (Å²) in [6.07, 6.45) is 4.61. The number of hydrogen-bond donors (Lipinski definition) is 0. The lowest BCUT2D eigenvalue weighted by Crippen LogP contribution is -2.39. The van der Waals surface area contributed by atoms with Gasteiger partial charge in [-0.25, -0.2) is 9.07 Å². The van der Waals surface area contributed by atoms with Crippen LogP contribution in [0.15, 0.2) is 48.9 Å². The standard InChI is InChI=1S/C20H17FN6O/c21-15-5-8-26(9-6-15)20(28)18-10-19(17-4-3-14(11-22)12-24-17)27(25-18)16-2-1-7-23-13-16/h1-4,7,10,12-13,15H,5-6,8-9H2. The van der Waals surface area contributed by atoms with Gasteiger partial charge in [0, 0.05) is 25.5 Å². The summed E-state index contributed by atoms with van der Waals surface area (Å²) in [5, 5.41) is 13.5. The molecule has 0 spiro atoms. The van der Waals surface area contributed by atoms with Crippen LogP contribution >= 0.6 is 0 Å². The van der Waals surface area contributed by atoms with Gasteiger partial charge in [-0.2, -0.15) is 10.4 Å². The summed E-state index contributed by atoms with van der Waals surface area (Å²) < 4.78 is 15.0. The maximum absolute atomic E-state index is 13.4. The first-order valence-electron chi connectivity index (χ1n) is 8.96. The number of rotatable bonds is 3. The molecule has 140 valence electrons. The molecule has 3 aromatic heterocycles. The summed E-state index contributed by atoms with van der Waals surface area (Å²) in [6.45, 7) is 0.758. The molecular weight excluding hydrogens is 359 g/mol. The van der Waals surface area contributed by atoms with Crippen LogP contribution in [0.2, 0.25) is 0 Å². The average Bonchev–Trinajstić information content (AvgIpc) is 3.20. The van der Waals surface area contributed by atoms with Crippen LogP contribution in [0.3, 0.4) is 0 Å². The maximum Gasteiger partial charge on any atom is 0.274 e. The summed E-state index contributed by atoms with van der Waals surface area (Å²) in [5.41, 5.74) is 2.59. The minimum absolute atomic E-state index is 0.232. The molecule has 0 N–H and O–H groups in total. The minimum atomic E-state index is -0.851. The second kappa shape index (κ2) is 7.56.